The van der Waals surface area contributed by atoms with Gasteiger partial charge in [0.25, 0.3) is 0 Å². The Bertz CT molecular complexity index is 522. The Kier molecular flexibility index (Phi) is 4.58. The Hall–Kier alpha value is -1.81. The van der Waals surface area contributed by atoms with Crippen LogP contribution in [-0.2, 0) is 13.2 Å². The Morgan fingerprint density at radius 1 is 1.32 bits per heavy atom. The predicted octanol–water partition coefficient (Wildman–Crippen LogP) is 3.50. The van der Waals surface area contributed by atoms with Gasteiger partial charge in [-0.05, 0) is 18.2 Å². The zero-order valence-corrected chi connectivity index (χ0v) is 11.2. The minimum absolute atomic E-state index is 0.225. The van der Waals surface area contributed by atoms with Gasteiger partial charge in [-0.1, -0.05) is 26.0 Å². The summed E-state index contributed by atoms with van der Waals surface area (Å²) >= 11 is 0. The first-order chi connectivity index (χ1) is 9.15. The molecule has 0 spiro atoms. The van der Waals surface area contributed by atoms with Crippen molar-refractivity contribution >= 4 is 0 Å². The summed E-state index contributed by atoms with van der Waals surface area (Å²) in [6.45, 7) is 5.15. The fraction of sp³-hybridized carbons (Fsp3) is 0.333. The van der Waals surface area contributed by atoms with Gasteiger partial charge in [-0.3, -0.25) is 0 Å². The summed E-state index contributed by atoms with van der Waals surface area (Å²) < 4.78 is 24.1. The van der Waals surface area contributed by atoms with Crippen LogP contribution in [0.1, 0.15) is 25.2 Å². The summed E-state index contributed by atoms with van der Waals surface area (Å²) in [6.07, 6.45) is 1.69. The third-order valence-electron chi connectivity index (χ3n) is 2.63. The number of hydrogen-bond donors (Lipinski definition) is 1. The first-order valence-electron chi connectivity index (χ1n) is 6.32. The number of nitrogens with one attached hydrogen (secondary N) is 1. The zero-order chi connectivity index (χ0) is 13.7. The van der Waals surface area contributed by atoms with E-state index in [1.165, 1.54) is 6.07 Å². The largest absolute Gasteiger partial charge is 0.483 e. The lowest BCUT2D eigenvalue weighted by molar-refractivity contribution is 0.258. The van der Waals surface area contributed by atoms with Gasteiger partial charge in [0.15, 0.2) is 11.6 Å². The molecule has 0 saturated carbocycles. The van der Waals surface area contributed by atoms with Crippen molar-refractivity contribution in [1.82, 2.24) is 5.32 Å². The molecular formula is C15H18FNO2. The molecule has 1 aromatic heterocycles. The Balaban J connectivity index is 1.88. The molecule has 1 heterocycles. The zero-order valence-electron chi connectivity index (χ0n) is 11.2. The molecule has 2 rings (SSSR count). The van der Waals surface area contributed by atoms with Gasteiger partial charge in [-0.25, -0.2) is 4.39 Å². The summed E-state index contributed by atoms with van der Waals surface area (Å²) in [6, 6.07) is 8.67. The van der Waals surface area contributed by atoms with Gasteiger partial charge >= 0.3 is 0 Å². The molecule has 1 aromatic carbocycles. The van der Waals surface area contributed by atoms with Crippen LogP contribution in [0, 0.1) is 5.82 Å². The first kappa shape index (κ1) is 13.6. The van der Waals surface area contributed by atoms with Crippen LogP contribution in [0.5, 0.6) is 5.75 Å². The number of rotatable bonds is 6. The molecule has 0 radical (unpaired) electrons. The SMILES string of the molecule is CC(C)NCc1coc(COc2ccccc2F)c1. The van der Waals surface area contributed by atoms with E-state index in [1.54, 1.807) is 24.5 Å². The summed E-state index contributed by atoms with van der Waals surface area (Å²) in [5.74, 6) is 0.556. The molecule has 1 N–H and O–H groups in total. The van der Waals surface area contributed by atoms with E-state index in [0.717, 1.165) is 12.1 Å². The van der Waals surface area contributed by atoms with Crippen LogP contribution < -0.4 is 10.1 Å². The molecule has 0 unspecified atom stereocenters. The van der Waals surface area contributed by atoms with Gasteiger partial charge in [0.2, 0.25) is 0 Å². The Morgan fingerprint density at radius 3 is 2.84 bits per heavy atom. The summed E-state index contributed by atoms with van der Waals surface area (Å²) in [4.78, 5) is 0. The van der Waals surface area contributed by atoms with Crippen LogP contribution in [0.3, 0.4) is 0 Å². The molecule has 0 bridgehead atoms. The van der Waals surface area contributed by atoms with Crippen molar-refractivity contribution in [3.63, 3.8) is 0 Å². The predicted molar refractivity (Wildman–Crippen MR) is 71.4 cm³/mol. The normalized spacial score (nSPS) is 10.9. The lowest BCUT2D eigenvalue weighted by Crippen LogP contribution is -2.21. The van der Waals surface area contributed by atoms with Gasteiger partial charge in [0.05, 0.1) is 6.26 Å². The molecule has 19 heavy (non-hydrogen) atoms. The smallest absolute Gasteiger partial charge is 0.165 e. The molecule has 102 valence electrons. The lowest BCUT2D eigenvalue weighted by atomic mass is 10.3. The molecule has 0 atom stereocenters. The van der Waals surface area contributed by atoms with Gasteiger partial charge in [0.1, 0.15) is 12.4 Å². The molecule has 0 aliphatic rings. The van der Waals surface area contributed by atoms with Crippen molar-refractivity contribution in [2.45, 2.75) is 33.0 Å². The molecule has 2 aromatic rings. The highest BCUT2D eigenvalue weighted by atomic mass is 19.1. The highest BCUT2D eigenvalue weighted by Crippen LogP contribution is 2.18. The second kappa shape index (κ2) is 6.38. The molecule has 0 aliphatic carbocycles. The highest BCUT2D eigenvalue weighted by Gasteiger charge is 2.06. The quantitative estimate of drug-likeness (QED) is 0.866. The number of furan rings is 1. The lowest BCUT2D eigenvalue weighted by Gasteiger charge is -2.05. The van der Waals surface area contributed by atoms with E-state index in [1.807, 2.05) is 6.07 Å². The van der Waals surface area contributed by atoms with Crippen molar-refractivity contribution in [2.24, 2.45) is 0 Å². The molecule has 0 aliphatic heterocycles. The summed E-state index contributed by atoms with van der Waals surface area (Å²) in [5, 5.41) is 3.30. The van der Waals surface area contributed by atoms with E-state index < -0.39 is 0 Å². The molecule has 0 fully saturated rings. The third kappa shape index (κ3) is 4.10. The topological polar surface area (TPSA) is 34.4 Å². The monoisotopic (exact) mass is 263 g/mol. The number of halogens is 1. The maximum atomic E-state index is 13.3. The minimum Gasteiger partial charge on any atom is -0.483 e. The van der Waals surface area contributed by atoms with Gasteiger partial charge in [0, 0.05) is 18.2 Å². The van der Waals surface area contributed by atoms with Gasteiger partial charge in [-0.2, -0.15) is 0 Å². The van der Waals surface area contributed by atoms with Crippen LogP contribution in [0.2, 0.25) is 0 Å². The fourth-order valence-corrected chi connectivity index (χ4v) is 1.63. The first-order valence-corrected chi connectivity index (χ1v) is 6.32. The second-order valence-electron chi connectivity index (χ2n) is 4.68. The standard InChI is InChI=1S/C15H18FNO2/c1-11(2)17-8-12-7-13(18-9-12)10-19-15-6-4-3-5-14(15)16/h3-7,9,11,17H,8,10H2,1-2H3. The van der Waals surface area contributed by atoms with Crippen LogP contribution in [0.15, 0.2) is 41.0 Å². The summed E-state index contributed by atoms with van der Waals surface area (Å²) in [5.41, 5.74) is 1.06. The van der Waals surface area contributed by atoms with E-state index in [9.17, 15) is 4.39 Å². The maximum Gasteiger partial charge on any atom is 0.165 e. The van der Waals surface area contributed by atoms with Crippen LogP contribution >= 0.6 is 0 Å². The number of ether oxygens (including phenoxy) is 1. The minimum atomic E-state index is -0.365. The van der Waals surface area contributed by atoms with E-state index in [-0.39, 0.29) is 18.2 Å². The van der Waals surface area contributed by atoms with Crippen molar-refractivity contribution < 1.29 is 13.5 Å². The van der Waals surface area contributed by atoms with Crippen LogP contribution in [0.25, 0.3) is 0 Å². The molecule has 4 heteroatoms. The van der Waals surface area contributed by atoms with Crippen molar-refractivity contribution in [1.29, 1.82) is 0 Å². The van der Waals surface area contributed by atoms with E-state index in [0.29, 0.717) is 11.8 Å². The number of hydrogen-bond acceptors (Lipinski definition) is 3. The Labute approximate surface area is 112 Å². The maximum absolute atomic E-state index is 13.3. The molecule has 0 amide bonds. The van der Waals surface area contributed by atoms with Crippen molar-refractivity contribution in [3.8, 4) is 5.75 Å². The van der Waals surface area contributed by atoms with E-state index in [4.69, 9.17) is 9.15 Å². The van der Waals surface area contributed by atoms with Gasteiger partial charge < -0.3 is 14.5 Å². The van der Waals surface area contributed by atoms with Crippen molar-refractivity contribution in [3.05, 3.63) is 53.7 Å². The molecular weight excluding hydrogens is 245 g/mol. The molecule has 3 nitrogen and oxygen atoms in total. The van der Waals surface area contributed by atoms with Gasteiger partial charge in [-0.15, -0.1) is 0 Å². The summed E-state index contributed by atoms with van der Waals surface area (Å²) in [7, 11) is 0. The third-order valence-corrected chi connectivity index (χ3v) is 2.63. The average Bonchev–Trinajstić information content (AvgIpc) is 2.83. The van der Waals surface area contributed by atoms with Crippen LogP contribution in [-0.4, -0.2) is 6.04 Å². The average molecular weight is 263 g/mol. The van der Waals surface area contributed by atoms with Crippen molar-refractivity contribution in [2.75, 3.05) is 0 Å². The molecule has 0 saturated heterocycles. The number of benzene rings is 1. The fourth-order valence-electron chi connectivity index (χ4n) is 1.63. The number of para-hydroxylation sites is 1. The van der Waals surface area contributed by atoms with Crippen LogP contribution in [0.4, 0.5) is 4.39 Å². The van der Waals surface area contributed by atoms with E-state index >= 15 is 0 Å². The van der Waals surface area contributed by atoms with E-state index in [2.05, 4.69) is 19.2 Å². The second-order valence-corrected chi connectivity index (χ2v) is 4.68. The Morgan fingerprint density at radius 2 is 2.11 bits per heavy atom. The highest BCUT2D eigenvalue weighted by molar-refractivity contribution is 5.24.